The van der Waals surface area contributed by atoms with E-state index in [1.54, 1.807) is 0 Å². The van der Waals surface area contributed by atoms with Gasteiger partial charge in [-0.25, -0.2) is 0 Å². The van der Waals surface area contributed by atoms with E-state index >= 15 is 0 Å². The van der Waals surface area contributed by atoms with E-state index < -0.39 is 0 Å². The minimum Gasteiger partial charge on any atom is -0.334 e. The third-order valence-electron chi connectivity index (χ3n) is 8.95. The Bertz CT molecular complexity index is 2240. The van der Waals surface area contributed by atoms with Crippen molar-refractivity contribution in [2.24, 2.45) is 0 Å². The maximum Gasteiger partial charge on any atom is 0.0652 e. The first-order chi connectivity index (χ1) is 22.3. The Kier molecular flexibility index (Phi) is 6.96. The molecule has 218 valence electrons. The van der Waals surface area contributed by atoms with Crippen LogP contribution in [0.15, 0.2) is 152 Å². The van der Waals surface area contributed by atoms with Crippen LogP contribution >= 0.6 is 11.3 Å². The van der Waals surface area contributed by atoms with Crippen molar-refractivity contribution in [1.82, 2.24) is 4.57 Å². The summed E-state index contributed by atoms with van der Waals surface area (Å²) in [5, 5.41) is 3.98. The molecule has 45 heavy (non-hydrogen) atoms. The Morgan fingerprint density at radius 2 is 1.18 bits per heavy atom. The topological polar surface area (TPSA) is 8.17 Å². The summed E-state index contributed by atoms with van der Waals surface area (Å²) in [6.45, 7) is 4.00. The molecule has 9 rings (SSSR count). The quantitative estimate of drug-likeness (QED) is 0.196. The van der Waals surface area contributed by atoms with Crippen molar-refractivity contribution >= 4 is 53.8 Å². The van der Waals surface area contributed by atoms with Crippen molar-refractivity contribution in [3.05, 3.63) is 163 Å². The highest BCUT2D eigenvalue weighted by molar-refractivity contribution is 7.25. The summed E-state index contributed by atoms with van der Waals surface area (Å²) in [6.07, 6.45) is 0.884. The highest BCUT2D eigenvalue weighted by Gasteiger charge is 2.34. The minimum absolute atomic E-state index is 0.129. The van der Waals surface area contributed by atoms with Gasteiger partial charge in [0.15, 0.2) is 0 Å². The normalized spacial score (nSPS) is 13.7. The van der Waals surface area contributed by atoms with Crippen LogP contribution < -0.4 is 4.90 Å². The van der Waals surface area contributed by atoms with E-state index in [-0.39, 0.29) is 6.04 Å². The first-order valence-corrected chi connectivity index (χ1v) is 16.7. The lowest BCUT2D eigenvalue weighted by atomic mass is 9.83. The van der Waals surface area contributed by atoms with Crippen LogP contribution in [0, 0.1) is 0 Å². The van der Waals surface area contributed by atoms with Gasteiger partial charge in [0.2, 0.25) is 0 Å². The lowest BCUT2D eigenvalue weighted by molar-refractivity contribution is 0.666. The van der Waals surface area contributed by atoms with E-state index in [0.717, 1.165) is 6.42 Å². The van der Waals surface area contributed by atoms with Crippen molar-refractivity contribution < 1.29 is 0 Å². The maximum absolute atomic E-state index is 2.53. The molecule has 1 unspecified atom stereocenters. The predicted octanol–water partition coefficient (Wildman–Crippen LogP) is 12.1. The fourth-order valence-electron chi connectivity index (χ4n) is 7.16. The molecule has 0 fully saturated rings. The number of aromatic nitrogens is 1. The van der Waals surface area contributed by atoms with Gasteiger partial charge in [0.05, 0.1) is 11.6 Å². The lowest BCUT2D eigenvalue weighted by Gasteiger charge is -2.38. The van der Waals surface area contributed by atoms with Gasteiger partial charge in [0, 0.05) is 60.3 Å². The van der Waals surface area contributed by atoms with Gasteiger partial charge < -0.3 is 9.47 Å². The molecule has 0 saturated carbocycles. The number of hydrogen-bond acceptors (Lipinski definition) is 2. The molecule has 2 nitrogen and oxygen atoms in total. The van der Waals surface area contributed by atoms with Gasteiger partial charge in [-0.1, -0.05) is 117 Å². The zero-order chi connectivity index (χ0) is 30.3. The predicted molar refractivity (Wildman–Crippen MR) is 194 cm³/mol. The Labute approximate surface area is 268 Å². The Balaban J connectivity index is 0.00000147. The molecule has 0 bridgehead atoms. The zero-order valence-electron chi connectivity index (χ0n) is 25.5. The zero-order valence-corrected chi connectivity index (χ0v) is 26.3. The molecule has 0 radical (unpaired) electrons. The average Bonchev–Trinajstić information content (AvgIpc) is 3.65. The molecule has 2 heterocycles. The van der Waals surface area contributed by atoms with Gasteiger partial charge in [-0.2, -0.15) is 0 Å². The smallest absolute Gasteiger partial charge is 0.0652 e. The van der Waals surface area contributed by atoms with Crippen LogP contribution in [0.2, 0.25) is 0 Å². The van der Waals surface area contributed by atoms with Crippen molar-refractivity contribution in [3.8, 4) is 16.8 Å². The number of thiophene rings is 1. The molecule has 0 N–H and O–H groups in total. The van der Waals surface area contributed by atoms with E-state index in [9.17, 15) is 0 Å². The Morgan fingerprint density at radius 1 is 0.578 bits per heavy atom. The van der Waals surface area contributed by atoms with Gasteiger partial charge in [-0.05, 0) is 59.7 Å². The van der Waals surface area contributed by atoms with E-state index in [0.29, 0.717) is 0 Å². The van der Waals surface area contributed by atoms with Gasteiger partial charge in [-0.15, -0.1) is 11.3 Å². The molecule has 1 aliphatic rings. The number of hydrogen-bond donors (Lipinski definition) is 0. The van der Waals surface area contributed by atoms with Crippen LogP contribution in [-0.2, 0) is 6.42 Å². The number of nitrogens with zero attached hydrogens (tertiary/aromatic N) is 2. The van der Waals surface area contributed by atoms with Crippen LogP contribution in [0.3, 0.4) is 0 Å². The SMILES string of the molecule is CC.c1ccc(N(c2ccccc2)C2Cc3c(c4ccccc4n3-c3ccc4c(c3)sc3ccccc34)-c3ccccc32)cc1. The van der Waals surface area contributed by atoms with Gasteiger partial charge in [-0.3, -0.25) is 0 Å². The number of anilines is 2. The van der Waals surface area contributed by atoms with E-state index in [1.807, 2.05) is 25.2 Å². The number of benzene rings is 6. The summed E-state index contributed by atoms with van der Waals surface area (Å²) in [7, 11) is 0. The van der Waals surface area contributed by atoms with Crippen molar-refractivity contribution in [3.63, 3.8) is 0 Å². The Morgan fingerprint density at radius 3 is 1.93 bits per heavy atom. The van der Waals surface area contributed by atoms with Crippen LogP contribution in [0.25, 0.3) is 47.9 Å². The molecular formula is C42H34N2S. The fourth-order valence-corrected chi connectivity index (χ4v) is 8.30. The fraction of sp³-hybridized carbons (Fsp3) is 0.0952. The third kappa shape index (κ3) is 4.46. The monoisotopic (exact) mass is 598 g/mol. The highest BCUT2D eigenvalue weighted by atomic mass is 32.1. The molecule has 0 saturated heterocycles. The van der Waals surface area contributed by atoms with E-state index in [4.69, 9.17) is 0 Å². The van der Waals surface area contributed by atoms with Crippen molar-refractivity contribution in [1.29, 1.82) is 0 Å². The first-order valence-electron chi connectivity index (χ1n) is 15.9. The molecule has 0 aliphatic heterocycles. The molecule has 0 amide bonds. The van der Waals surface area contributed by atoms with E-state index in [2.05, 4.69) is 161 Å². The summed E-state index contributed by atoms with van der Waals surface area (Å²) in [6, 6.07) is 55.6. The second kappa shape index (κ2) is 11.4. The molecule has 3 heteroatoms. The number of para-hydroxylation sites is 3. The third-order valence-corrected chi connectivity index (χ3v) is 10.1. The summed E-state index contributed by atoms with van der Waals surface area (Å²) >= 11 is 1.88. The molecule has 0 spiro atoms. The van der Waals surface area contributed by atoms with E-state index in [1.165, 1.54) is 70.5 Å². The molecular weight excluding hydrogens is 565 g/mol. The highest BCUT2D eigenvalue weighted by Crippen LogP contribution is 2.50. The summed E-state index contributed by atoms with van der Waals surface area (Å²) < 4.78 is 5.20. The standard InChI is InChI=1S/C40H28N2S.C2H6/c1-3-13-27(14-4-1)41(28-15-5-2-6-16-28)36-26-37-40(33-19-8-7-17-30(33)36)34-20-9-11-21-35(34)42(37)29-23-24-32-31-18-10-12-22-38(31)43-39(32)25-29;1-2/h1-25,36H,26H2;1-2H3. The summed E-state index contributed by atoms with van der Waals surface area (Å²) in [5.41, 5.74) is 10.3. The van der Waals surface area contributed by atoms with Crippen LogP contribution in [0.4, 0.5) is 11.4 Å². The van der Waals surface area contributed by atoms with Crippen LogP contribution in [-0.4, -0.2) is 4.57 Å². The van der Waals surface area contributed by atoms with Crippen molar-refractivity contribution in [2.75, 3.05) is 4.90 Å². The minimum atomic E-state index is 0.129. The molecule has 6 aromatic carbocycles. The largest absolute Gasteiger partial charge is 0.334 e. The van der Waals surface area contributed by atoms with Gasteiger partial charge in [0.1, 0.15) is 0 Å². The van der Waals surface area contributed by atoms with Gasteiger partial charge >= 0.3 is 0 Å². The lowest BCUT2D eigenvalue weighted by Crippen LogP contribution is -2.29. The molecule has 8 aromatic rings. The molecule has 2 aromatic heterocycles. The molecule has 1 atom stereocenters. The van der Waals surface area contributed by atoms with Crippen molar-refractivity contribution in [2.45, 2.75) is 26.3 Å². The average molecular weight is 599 g/mol. The summed E-state index contributed by atoms with van der Waals surface area (Å²) in [5.74, 6) is 0. The maximum atomic E-state index is 2.53. The molecule has 1 aliphatic carbocycles. The number of rotatable bonds is 4. The second-order valence-corrected chi connectivity index (χ2v) is 12.4. The Hall–Kier alpha value is -5.12. The van der Waals surface area contributed by atoms with Gasteiger partial charge in [0.25, 0.3) is 0 Å². The van der Waals surface area contributed by atoms with Crippen LogP contribution in [0.1, 0.15) is 31.1 Å². The summed E-state index contributed by atoms with van der Waals surface area (Å²) in [4.78, 5) is 2.53. The second-order valence-electron chi connectivity index (χ2n) is 11.3. The first kappa shape index (κ1) is 27.4. The van der Waals surface area contributed by atoms with Crippen LogP contribution in [0.5, 0.6) is 0 Å². The number of fused-ring (bicyclic) bond motifs is 8.